The van der Waals surface area contributed by atoms with Gasteiger partial charge in [0.15, 0.2) is 0 Å². The van der Waals surface area contributed by atoms with Crippen molar-refractivity contribution in [3.05, 3.63) is 0 Å². The summed E-state index contributed by atoms with van der Waals surface area (Å²) in [6.07, 6.45) is 4.80. The molecule has 0 unspecified atom stereocenters. The smallest absolute Gasteiger partial charge is 0.323 e. The lowest BCUT2D eigenvalue weighted by Crippen LogP contribution is -2.15. The lowest BCUT2D eigenvalue weighted by atomic mass is 10.2. The first kappa shape index (κ1) is 16.4. The molecule has 0 saturated heterocycles. The minimum absolute atomic E-state index is 0.255. The average molecular weight is 284 g/mol. The van der Waals surface area contributed by atoms with Gasteiger partial charge in [-0.3, -0.25) is 5.43 Å². The van der Waals surface area contributed by atoms with Crippen LogP contribution >= 0.6 is 0 Å². The van der Waals surface area contributed by atoms with Crippen LogP contribution < -0.4 is 21.3 Å². The fourth-order valence-corrected chi connectivity index (χ4v) is 1.55. The van der Waals surface area contributed by atoms with Crippen LogP contribution in [0, 0.1) is 0 Å². The van der Waals surface area contributed by atoms with E-state index in [9.17, 15) is 0 Å². The maximum absolute atomic E-state index is 8.68. The van der Waals surface area contributed by atoms with Gasteiger partial charge in [0.05, 0.1) is 6.61 Å². The van der Waals surface area contributed by atoms with Crippen LogP contribution in [-0.4, -0.2) is 39.8 Å². The minimum Gasteiger partial charge on any atom is -0.463 e. The zero-order chi connectivity index (χ0) is 14.6. The van der Waals surface area contributed by atoms with Crippen molar-refractivity contribution in [2.75, 3.05) is 30.5 Å². The molecule has 20 heavy (non-hydrogen) atoms. The Labute approximate surface area is 119 Å². The Bertz CT molecular complexity index is 377. The first-order valence-electron chi connectivity index (χ1n) is 7.00. The predicted molar refractivity (Wildman–Crippen MR) is 77.5 cm³/mol. The number of aromatic nitrogens is 3. The van der Waals surface area contributed by atoms with Crippen molar-refractivity contribution in [3.63, 3.8) is 0 Å². The van der Waals surface area contributed by atoms with E-state index in [-0.39, 0.29) is 18.6 Å². The van der Waals surface area contributed by atoms with Gasteiger partial charge in [0.1, 0.15) is 0 Å². The molecule has 8 heteroatoms. The molecule has 0 aliphatic rings. The van der Waals surface area contributed by atoms with Crippen molar-refractivity contribution in [1.29, 1.82) is 0 Å². The highest BCUT2D eigenvalue weighted by molar-refractivity contribution is 5.34. The second-order valence-electron chi connectivity index (χ2n) is 4.32. The van der Waals surface area contributed by atoms with E-state index in [2.05, 4.69) is 25.7 Å². The summed E-state index contributed by atoms with van der Waals surface area (Å²) in [7, 11) is 0. The van der Waals surface area contributed by atoms with Crippen LogP contribution in [0.3, 0.4) is 0 Å². The van der Waals surface area contributed by atoms with Crippen molar-refractivity contribution in [3.8, 4) is 6.01 Å². The molecule has 8 nitrogen and oxygen atoms in total. The van der Waals surface area contributed by atoms with Crippen molar-refractivity contribution in [2.45, 2.75) is 39.0 Å². The highest BCUT2D eigenvalue weighted by Crippen LogP contribution is 2.11. The van der Waals surface area contributed by atoms with Crippen molar-refractivity contribution >= 4 is 11.9 Å². The van der Waals surface area contributed by atoms with Crippen LogP contribution in [0.25, 0.3) is 0 Å². The van der Waals surface area contributed by atoms with E-state index < -0.39 is 0 Å². The SMILES string of the molecule is CCCOc1nc(NN)nc(NCCCCCCO)n1. The molecule has 114 valence electrons. The number of ether oxygens (including phenoxy) is 1. The molecule has 0 fully saturated rings. The Balaban J connectivity index is 2.42. The Hall–Kier alpha value is -1.67. The lowest BCUT2D eigenvalue weighted by Gasteiger charge is -2.08. The number of aliphatic hydroxyl groups excluding tert-OH is 1. The molecule has 0 saturated carbocycles. The number of aliphatic hydroxyl groups is 1. The van der Waals surface area contributed by atoms with Gasteiger partial charge in [-0.2, -0.15) is 15.0 Å². The normalized spacial score (nSPS) is 10.3. The maximum atomic E-state index is 8.68. The second kappa shape index (κ2) is 10.2. The zero-order valence-corrected chi connectivity index (χ0v) is 11.9. The minimum atomic E-state index is 0.255. The van der Waals surface area contributed by atoms with Crippen molar-refractivity contribution < 1.29 is 9.84 Å². The van der Waals surface area contributed by atoms with E-state index in [0.717, 1.165) is 38.6 Å². The van der Waals surface area contributed by atoms with E-state index in [1.165, 1.54) is 0 Å². The molecule has 1 aromatic heterocycles. The van der Waals surface area contributed by atoms with Crippen LogP contribution in [0.2, 0.25) is 0 Å². The molecule has 0 aliphatic carbocycles. The van der Waals surface area contributed by atoms with Crippen molar-refractivity contribution in [1.82, 2.24) is 15.0 Å². The highest BCUT2D eigenvalue weighted by atomic mass is 16.5. The molecule has 1 aromatic rings. The maximum Gasteiger partial charge on any atom is 0.323 e. The van der Waals surface area contributed by atoms with E-state index >= 15 is 0 Å². The number of nitrogen functional groups attached to an aromatic ring is 1. The monoisotopic (exact) mass is 284 g/mol. The molecule has 0 bridgehead atoms. The Kier molecular flexibility index (Phi) is 8.32. The van der Waals surface area contributed by atoms with Gasteiger partial charge in [0.2, 0.25) is 11.9 Å². The van der Waals surface area contributed by atoms with E-state index in [1.807, 2.05) is 6.92 Å². The summed E-state index contributed by atoms with van der Waals surface area (Å²) < 4.78 is 5.37. The molecule has 0 spiro atoms. The second-order valence-corrected chi connectivity index (χ2v) is 4.32. The van der Waals surface area contributed by atoms with Gasteiger partial charge in [0.25, 0.3) is 0 Å². The number of hydrogen-bond acceptors (Lipinski definition) is 8. The quantitative estimate of drug-likeness (QED) is 0.269. The Morgan fingerprint density at radius 3 is 2.55 bits per heavy atom. The number of nitrogens with zero attached hydrogens (tertiary/aromatic N) is 3. The van der Waals surface area contributed by atoms with Crippen LogP contribution in [0.1, 0.15) is 39.0 Å². The summed E-state index contributed by atoms with van der Waals surface area (Å²) >= 11 is 0. The fourth-order valence-electron chi connectivity index (χ4n) is 1.55. The molecule has 0 radical (unpaired) electrons. The van der Waals surface area contributed by atoms with Crippen LogP contribution in [0.4, 0.5) is 11.9 Å². The summed E-state index contributed by atoms with van der Waals surface area (Å²) in [4.78, 5) is 12.3. The topological polar surface area (TPSA) is 118 Å². The summed E-state index contributed by atoms with van der Waals surface area (Å²) in [6.45, 7) is 3.57. The highest BCUT2D eigenvalue weighted by Gasteiger charge is 2.06. The molecule has 0 aromatic carbocycles. The fraction of sp³-hybridized carbons (Fsp3) is 0.750. The summed E-state index contributed by atoms with van der Waals surface area (Å²) in [5.74, 6) is 6.03. The molecular formula is C12H24N6O2. The number of unbranched alkanes of at least 4 members (excludes halogenated alkanes) is 3. The molecule has 0 aliphatic heterocycles. The number of nitrogens with one attached hydrogen (secondary N) is 2. The predicted octanol–water partition coefficient (Wildman–Crippen LogP) is 0.911. The van der Waals surface area contributed by atoms with Gasteiger partial charge in [-0.15, -0.1) is 0 Å². The number of hydrazine groups is 1. The molecule has 0 amide bonds. The van der Waals surface area contributed by atoms with Gasteiger partial charge < -0.3 is 15.2 Å². The average Bonchev–Trinajstić information content (AvgIpc) is 2.48. The van der Waals surface area contributed by atoms with Crippen LogP contribution in [0.5, 0.6) is 6.01 Å². The van der Waals surface area contributed by atoms with Gasteiger partial charge in [-0.1, -0.05) is 19.8 Å². The van der Waals surface area contributed by atoms with E-state index in [4.69, 9.17) is 15.7 Å². The lowest BCUT2D eigenvalue weighted by molar-refractivity contribution is 0.283. The van der Waals surface area contributed by atoms with Gasteiger partial charge in [-0.25, -0.2) is 5.84 Å². The van der Waals surface area contributed by atoms with Gasteiger partial charge >= 0.3 is 6.01 Å². The molecular weight excluding hydrogens is 260 g/mol. The van der Waals surface area contributed by atoms with E-state index in [0.29, 0.717) is 12.6 Å². The van der Waals surface area contributed by atoms with Crippen molar-refractivity contribution in [2.24, 2.45) is 5.84 Å². The number of rotatable bonds is 11. The third-order valence-electron chi connectivity index (χ3n) is 2.55. The number of anilines is 2. The van der Waals surface area contributed by atoms with Gasteiger partial charge in [0, 0.05) is 13.2 Å². The first-order valence-corrected chi connectivity index (χ1v) is 7.00. The summed E-state index contributed by atoms with van der Waals surface area (Å²) in [6, 6.07) is 0.262. The summed E-state index contributed by atoms with van der Waals surface area (Å²) in [5, 5.41) is 11.8. The first-order chi connectivity index (χ1) is 9.80. The molecule has 0 atom stereocenters. The van der Waals surface area contributed by atoms with Crippen LogP contribution in [0.15, 0.2) is 0 Å². The third kappa shape index (κ3) is 6.48. The Morgan fingerprint density at radius 1 is 1.10 bits per heavy atom. The van der Waals surface area contributed by atoms with Crippen LogP contribution in [-0.2, 0) is 0 Å². The Morgan fingerprint density at radius 2 is 1.85 bits per heavy atom. The molecule has 1 rings (SSSR count). The van der Waals surface area contributed by atoms with E-state index in [1.54, 1.807) is 0 Å². The summed E-state index contributed by atoms with van der Waals surface area (Å²) in [5.41, 5.74) is 2.39. The largest absolute Gasteiger partial charge is 0.463 e. The molecule has 5 N–H and O–H groups in total. The number of nitrogens with two attached hydrogens (primary N) is 1. The zero-order valence-electron chi connectivity index (χ0n) is 11.9. The number of hydrogen-bond donors (Lipinski definition) is 4. The standard InChI is InChI=1S/C12H24N6O2/c1-2-9-20-12-16-10(15-11(17-12)18-13)14-7-5-3-4-6-8-19/h19H,2-9,13H2,1H3,(H2,14,15,16,17,18). The van der Waals surface area contributed by atoms with Gasteiger partial charge in [-0.05, 0) is 19.3 Å². The third-order valence-corrected chi connectivity index (χ3v) is 2.55. The molecule has 1 heterocycles.